The number of aliphatic hydroxyl groups excluding tert-OH is 1. The predicted octanol–water partition coefficient (Wildman–Crippen LogP) is 0.661. The number of nitrogens with zero attached hydrogens (tertiary/aromatic N) is 1. The molecule has 1 fully saturated rings. The minimum absolute atomic E-state index is 0.0410. The number of hydrogen-bond acceptors (Lipinski definition) is 6. The Bertz CT molecular complexity index is 867. The van der Waals surface area contributed by atoms with Crippen LogP contribution < -0.4 is 5.32 Å². The topological polar surface area (TPSA) is 113 Å². The van der Waals surface area contributed by atoms with Gasteiger partial charge in [0.15, 0.2) is 6.10 Å². The smallest absolute Gasteiger partial charge is 0.325 e. The monoisotopic (exact) mass is 410 g/mol. The van der Waals surface area contributed by atoms with E-state index in [0.29, 0.717) is 0 Å². The zero-order valence-electron chi connectivity index (χ0n) is 16.2. The van der Waals surface area contributed by atoms with Crippen LogP contribution in [0.1, 0.15) is 24.5 Å². The van der Waals surface area contributed by atoms with Crippen LogP contribution in [0, 0.1) is 13.8 Å². The number of amides is 1. The summed E-state index contributed by atoms with van der Waals surface area (Å²) in [4.78, 5) is 24.5. The largest absolute Gasteiger partial charge is 0.451 e. The van der Waals surface area contributed by atoms with Crippen molar-refractivity contribution in [3.8, 4) is 0 Å². The molecule has 1 aromatic carbocycles. The summed E-state index contributed by atoms with van der Waals surface area (Å²) >= 11 is 0. The van der Waals surface area contributed by atoms with Gasteiger partial charge in [0, 0.05) is 19.5 Å². The van der Waals surface area contributed by atoms with Crippen LogP contribution in [-0.2, 0) is 24.3 Å². The summed E-state index contributed by atoms with van der Waals surface area (Å²) in [7, 11) is -4.02. The number of nitrogens with one attached hydrogen (secondary N) is 1. The molecular formula is C19H26N2O6S. The molecule has 1 aliphatic rings. The Kier molecular flexibility index (Phi) is 6.97. The van der Waals surface area contributed by atoms with Crippen molar-refractivity contribution >= 4 is 21.9 Å². The average molecular weight is 410 g/mol. The number of esters is 1. The van der Waals surface area contributed by atoms with Crippen molar-refractivity contribution in [3.05, 3.63) is 42.0 Å². The van der Waals surface area contributed by atoms with E-state index in [9.17, 15) is 23.1 Å². The molecule has 28 heavy (non-hydrogen) atoms. The molecule has 1 heterocycles. The van der Waals surface area contributed by atoms with E-state index in [0.717, 1.165) is 15.4 Å². The number of β-amino-alcohol motifs (C(OH)–C–C–N with tert-alkyl or cyclic N) is 1. The van der Waals surface area contributed by atoms with Crippen LogP contribution >= 0.6 is 0 Å². The van der Waals surface area contributed by atoms with Gasteiger partial charge in [-0.25, -0.2) is 8.42 Å². The van der Waals surface area contributed by atoms with Crippen LogP contribution in [0.25, 0.3) is 0 Å². The van der Waals surface area contributed by atoms with E-state index in [1.165, 1.54) is 25.1 Å². The fourth-order valence-corrected chi connectivity index (χ4v) is 4.61. The number of aliphatic hydroxyl groups is 1. The molecule has 2 rings (SSSR count). The zero-order valence-corrected chi connectivity index (χ0v) is 17.0. The fourth-order valence-electron chi connectivity index (χ4n) is 2.90. The summed E-state index contributed by atoms with van der Waals surface area (Å²) in [5, 5.41) is 12.5. The fraction of sp³-hybridized carbons (Fsp3) is 0.474. The third-order valence-corrected chi connectivity index (χ3v) is 6.54. The van der Waals surface area contributed by atoms with Crippen molar-refractivity contribution < 1.29 is 27.9 Å². The maximum absolute atomic E-state index is 13.0. The summed E-state index contributed by atoms with van der Waals surface area (Å²) in [5.74, 6) is -1.39. The third kappa shape index (κ3) is 4.78. The van der Waals surface area contributed by atoms with Gasteiger partial charge in [-0.05, 0) is 44.0 Å². The number of carbonyl (C=O) groups is 2. The van der Waals surface area contributed by atoms with Gasteiger partial charge in [0.1, 0.15) is 6.04 Å². The number of benzene rings is 1. The van der Waals surface area contributed by atoms with E-state index >= 15 is 0 Å². The highest BCUT2D eigenvalue weighted by Crippen LogP contribution is 2.28. The number of rotatable bonds is 7. The molecule has 1 amide bonds. The van der Waals surface area contributed by atoms with Crippen LogP contribution in [0.2, 0.25) is 0 Å². The van der Waals surface area contributed by atoms with Gasteiger partial charge in [-0.1, -0.05) is 12.1 Å². The third-order valence-electron chi connectivity index (χ3n) is 4.67. The number of carbonyl (C=O) groups excluding carboxylic acids is 2. The van der Waals surface area contributed by atoms with Gasteiger partial charge in [-0.2, -0.15) is 4.31 Å². The molecule has 1 aromatic rings. The molecular weight excluding hydrogens is 384 g/mol. The summed E-state index contributed by atoms with van der Waals surface area (Å²) < 4.78 is 32.2. The number of aryl methyl sites for hydroxylation is 2. The highest BCUT2D eigenvalue weighted by atomic mass is 32.2. The van der Waals surface area contributed by atoms with E-state index < -0.39 is 40.1 Å². The van der Waals surface area contributed by atoms with Crippen LogP contribution in [-0.4, -0.2) is 61.0 Å². The van der Waals surface area contributed by atoms with Crippen LogP contribution in [0.3, 0.4) is 0 Å². The molecule has 0 radical (unpaired) electrons. The molecule has 1 aliphatic heterocycles. The second-order valence-electron chi connectivity index (χ2n) is 6.84. The first kappa shape index (κ1) is 22.1. The molecule has 0 spiro atoms. The summed E-state index contributed by atoms with van der Waals surface area (Å²) in [6.07, 6.45) is -0.707. The summed E-state index contributed by atoms with van der Waals surface area (Å²) in [6.45, 7) is 8.53. The molecule has 9 heteroatoms. The molecule has 2 N–H and O–H groups in total. The Morgan fingerprint density at radius 3 is 2.68 bits per heavy atom. The lowest BCUT2D eigenvalue weighted by Gasteiger charge is -2.24. The SMILES string of the molecule is C=CCNC(=O)[C@H](C)OC(=O)[C@@H]1C[C@@H](O)CN1S(=O)(=O)c1ccc(C)c(C)c1. The molecule has 0 aliphatic carbocycles. The molecule has 0 saturated carbocycles. The lowest BCUT2D eigenvalue weighted by atomic mass is 10.1. The Morgan fingerprint density at radius 1 is 1.39 bits per heavy atom. The molecule has 3 atom stereocenters. The minimum atomic E-state index is -4.02. The van der Waals surface area contributed by atoms with Crippen LogP contribution in [0.4, 0.5) is 0 Å². The van der Waals surface area contributed by atoms with E-state index in [-0.39, 0.29) is 24.4 Å². The normalized spacial score (nSPS) is 21.1. The van der Waals surface area contributed by atoms with Crippen molar-refractivity contribution in [1.29, 1.82) is 0 Å². The van der Waals surface area contributed by atoms with E-state index in [2.05, 4.69) is 11.9 Å². The molecule has 0 bridgehead atoms. The quantitative estimate of drug-likeness (QED) is 0.504. The highest BCUT2D eigenvalue weighted by Gasteiger charge is 2.45. The zero-order chi connectivity index (χ0) is 21.1. The van der Waals surface area contributed by atoms with Gasteiger partial charge in [0.05, 0.1) is 11.0 Å². The molecule has 0 unspecified atom stereocenters. The van der Waals surface area contributed by atoms with Gasteiger partial charge in [-0.15, -0.1) is 6.58 Å². The highest BCUT2D eigenvalue weighted by molar-refractivity contribution is 7.89. The summed E-state index contributed by atoms with van der Waals surface area (Å²) in [5.41, 5.74) is 1.74. The molecule has 1 saturated heterocycles. The molecule has 0 aromatic heterocycles. The minimum Gasteiger partial charge on any atom is -0.451 e. The lowest BCUT2D eigenvalue weighted by molar-refractivity contribution is -0.157. The van der Waals surface area contributed by atoms with Crippen LogP contribution in [0.15, 0.2) is 35.7 Å². The standard InChI is InChI=1S/C19H26N2O6S/c1-5-8-20-18(23)14(4)27-19(24)17-10-15(22)11-21(17)28(25,26)16-7-6-12(2)13(3)9-16/h5-7,9,14-15,17,22H,1,8,10-11H2,2-4H3,(H,20,23)/t14-,15+,17-/m0/s1. The van der Waals surface area contributed by atoms with Gasteiger partial charge in [0.2, 0.25) is 10.0 Å². The Hall–Kier alpha value is -2.23. The van der Waals surface area contributed by atoms with Crippen molar-refractivity contribution in [3.63, 3.8) is 0 Å². The predicted molar refractivity (Wildman–Crippen MR) is 103 cm³/mol. The van der Waals surface area contributed by atoms with Crippen molar-refractivity contribution in [2.45, 2.75) is 50.3 Å². The number of hydrogen-bond donors (Lipinski definition) is 2. The van der Waals surface area contributed by atoms with Gasteiger partial charge < -0.3 is 15.2 Å². The van der Waals surface area contributed by atoms with Gasteiger partial charge in [-0.3, -0.25) is 9.59 Å². The van der Waals surface area contributed by atoms with E-state index in [1.54, 1.807) is 13.0 Å². The average Bonchev–Trinajstić information content (AvgIpc) is 3.04. The van der Waals surface area contributed by atoms with E-state index in [1.807, 2.05) is 6.92 Å². The maximum atomic E-state index is 13.0. The number of sulfonamides is 1. The summed E-state index contributed by atoms with van der Waals surface area (Å²) in [6, 6.07) is 3.49. The second-order valence-corrected chi connectivity index (χ2v) is 8.73. The Labute approximate surface area is 165 Å². The first-order valence-corrected chi connectivity index (χ1v) is 10.4. The Morgan fingerprint density at radius 2 is 2.07 bits per heavy atom. The van der Waals surface area contributed by atoms with Crippen LogP contribution in [0.5, 0.6) is 0 Å². The van der Waals surface area contributed by atoms with E-state index in [4.69, 9.17) is 4.74 Å². The lowest BCUT2D eigenvalue weighted by Crippen LogP contribution is -2.44. The van der Waals surface area contributed by atoms with Gasteiger partial charge >= 0.3 is 5.97 Å². The number of ether oxygens (including phenoxy) is 1. The molecule has 8 nitrogen and oxygen atoms in total. The van der Waals surface area contributed by atoms with Crippen molar-refractivity contribution in [2.24, 2.45) is 0 Å². The van der Waals surface area contributed by atoms with Crippen molar-refractivity contribution in [2.75, 3.05) is 13.1 Å². The second kappa shape index (κ2) is 8.85. The molecule has 154 valence electrons. The van der Waals surface area contributed by atoms with Gasteiger partial charge in [0.25, 0.3) is 5.91 Å². The first-order chi connectivity index (χ1) is 13.1. The van der Waals surface area contributed by atoms with Crippen molar-refractivity contribution in [1.82, 2.24) is 9.62 Å². The maximum Gasteiger partial charge on any atom is 0.325 e. The Balaban J connectivity index is 2.21. The first-order valence-electron chi connectivity index (χ1n) is 8.94.